The zero-order valence-electron chi connectivity index (χ0n) is 18.1. The van der Waals surface area contributed by atoms with Gasteiger partial charge in [-0.15, -0.1) is 0 Å². The second-order valence-electron chi connectivity index (χ2n) is 8.35. The molecular formula is C27H26ClN3O. The zero-order chi connectivity index (χ0) is 22.1. The molecule has 0 saturated carbocycles. The first kappa shape index (κ1) is 20.8. The summed E-state index contributed by atoms with van der Waals surface area (Å²) in [7, 11) is 0. The third-order valence-corrected chi connectivity index (χ3v) is 6.59. The molecular weight excluding hydrogens is 418 g/mol. The van der Waals surface area contributed by atoms with Gasteiger partial charge in [0, 0.05) is 59.0 Å². The maximum absolute atomic E-state index is 14.0. The third kappa shape index (κ3) is 3.92. The van der Waals surface area contributed by atoms with Crippen LogP contribution in [0.25, 0.3) is 10.9 Å². The van der Waals surface area contributed by atoms with Crippen molar-refractivity contribution < 1.29 is 4.79 Å². The molecule has 5 rings (SSSR count). The molecule has 5 heteroatoms. The molecule has 1 fully saturated rings. The van der Waals surface area contributed by atoms with E-state index in [0.717, 1.165) is 64.6 Å². The van der Waals surface area contributed by atoms with Gasteiger partial charge in [0.15, 0.2) is 5.78 Å². The number of anilines is 1. The molecule has 162 valence electrons. The van der Waals surface area contributed by atoms with Crippen LogP contribution in [0, 0.1) is 6.92 Å². The Labute approximate surface area is 193 Å². The Morgan fingerprint density at radius 2 is 1.62 bits per heavy atom. The van der Waals surface area contributed by atoms with Gasteiger partial charge in [0.1, 0.15) is 0 Å². The lowest BCUT2D eigenvalue weighted by molar-refractivity contribution is 0.0807. The van der Waals surface area contributed by atoms with Crippen molar-refractivity contribution in [2.75, 3.05) is 31.1 Å². The predicted molar refractivity (Wildman–Crippen MR) is 132 cm³/mol. The molecule has 32 heavy (non-hydrogen) atoms. The van der Waals surface area contributed by atoms with Gasteiger partial charge in [0.2, 0.25) is 0 Å². The van der Waals surface area contributed by atoms with E-state index >= 15 is 0 Å². The van der Waals surface area contributed by atoms with Crippen LogP contribution in [0.4, 0.5) is 5.69 Å². The molecule has 1 atom stereocenters. The first-order chi connectivity index (χ1) is 15.6. The average molecular weight is 444 g/mol. The van der Waals surface area contributed by atoms with Crippen molar-refractivity contribution in [1.82, 2.24) is 9.88 Å². The number of nitrogens with one attached hydrogen (secondary N) is 1. The number of H-pyrrole nitrogens is 1. The van der Waals surface area contributed by atoms with Crippen LogP contribution < -0.4 is 4.90 Å². The normalized spacial score (nSPS) is 15.8. The Balaban J connectivity index is 1.46. The van der Waals surface area contributed by atoms with Crippen LogP contribution in [-0.2, 0) is 0 Å². The topological polar surface area (TPSA) is 39.3 Å². The number of aromatic amines is 1. The molecule has 1 saturated heterocycles. The Hall–Kier alpha value is -3.08. The van der Waals surface area contributed by atoms with Crippen LogP contribution in [0.15, 0.2) is 78.9 Å². The number of para-hydroxylation sites is 1. The number of carbonyl (C=O) groups is 1. The number of aromatic nitrogens is 1. The van der Waals surface area contributed by atoms with Crippen LogP contribution >= 0.6 is 11.6 Å². The summed E-state index contributed by atoms with van der Waals surface area (Å²) in [4.78, 5) is 22.1. The molecule has 0 radical (unpaired) electrons. The summed E-state index contributed by atoms with van der Waals surface area (Å²) in [6.07, 6.45) is 0. The van der Waals surface area contributed by atoms with Gasteiger partial charge < -0.3 is 9.88 Å². The Morgan fingerprint density at radius 1 is 0.906 bits per heavy atom. The van der Waals surface area contributed by atoms with Gasteiger partial charge in [-0.1, -0.05) is 66.2 Å². The van der Waals surface area contributed by atoms with E-state index in [0.29, 0.717) is 0 Å². The van der Waals surface area contributed by atoms with E-state index in [4.69, 9.17) is 11.6 Å². The summed E-state index contributed by atoms with van der Waals surface area (Å²) in [5.74, 6) is 0.155. The smallest absolute Gasteiger partial charge is 0.186 e. The molecule has 3 aromatic carbocycles. The summed E-state index contributed by atoms with van der Waals surface area (Å²) in [5.41, 5.74) is 4.90. The fourth-order valence-corrected chi connectivity index (χ4v) is 4.99. The van der Waals surface area contributed by atoms with E-state index in [-0.39, 0.29) is 11.8 Å². The van der Waals surface area contributed by atoms with Crippen LogP contribution in [-0.4, -0.2) is 41.8 Å². The summed E-state index contributed by atoms with van der Waals surface area (Å²) >= 11 is 6.20. The second-order valence-corrected chi connectivity index (χ2v) is 8.79. The van der Waals surface area contributed by atoms with E-state index in [9.17, 15) is 4.79 Å². The number of nitrogens with zero attached hydrogens (tertiary/aromatic N) is 2. The highest BCUT2D eigenvalue weighted by molar-refractivity contribution is 6.30. The minimum atomic E-state index is -0.310. The molecule has 0 spiro atoms. The molecule has 4 nitrogen and oxygen atoms in total. The van der Waals surface area contributed by atoms with Gasteiger partial charge in [-0.05, 0) is 36.8 Å². The predicted octanol–water partition coefficient (Wildman–Crippen LogP) is 5.88. The number of piperazine rings is 1. The van der Waals surface area contributed by atoms with Crippen molar-refractivity contribution in [2.45, 2.75) is 13.0 Å². The Morgan fingerprint density at radius 3 is 2.38 bits per heavy atom. The summed E-state index contributed by atoms with van der Waals surface area (Å²) in [6, 6.07) is 25.9. The van der Waals surface area contributed by atoms with E-state index in [1.54, 1.807) is 0 Å². The maximum Gasteiger partial charge on any atom is 0.186 e. The summed E-state index contributed by atoms with van der Waals surface area (Å²) in [5, 5.41) is 1.74. The van der Waals surface area contributed by atoms with Gasteiger partial charge in [-0.3, -0.25) is 9.69 Å². The zero-order valence-corrected chi connectivity index (χ0v) is 18.8. The maximum atomic E-state index is 14.0. The highest BCUT2D eigenvalue weighted by Gasteiger charge is 2.33. The lowest BCUT2D eigenvalue weighted by atomic mass is 9.93. The molecule has 1 unspecified atom stereocenters. The molecule has 2 heterocycles. The molecule has 1 N–H and O–H groups in total. The van der Waals surface area contributed by atoms with Crippen molar-refractivity contribution in [3.8, 4) is 0 Å². The van der Waals surface area contributed by atoms with Gasteiger partial charge >= 0.3 is 0 Å². The standard InChI is InChI=1S/C27H26ClN3O/c1-19-25(23-12-5-6-13-24(23)29-19)27(32)26(20-8-3-2-4-9-20)31-16-14-30(15-17-31)22-11-7-10-21(28)18-22/h2-13,18,26,29H,14-17H2,1H3. The fraction of sp³-hybridized carbons (Fsp3) is 0.222. The van der Waals surface area contributed by atoms with E-state index in [1.807, 2.05) is 67.6 Å². The quantitative estimate of drug-likeness (QED) is 0.392. The number of halogens is 1. The lowest BCUT2D eigenvalue weighted by Gasteiger charge is -2.40. The monoisotopic (exact) mass is 443 g/mol. The summed E-state index contributed by atoms with van der Waals surface area (Å²) < 4.78 is 0. The van der Waals surface area contributed by atoms with E-state index in [2.05, 4.69) is 33.0 Å². The summed E-state index contributed by atoms with van der Waals surface area (Å²) in [6.45, 7) is 5.30. The molecule has 1 aliphatic heterocycles. The van der Waals surface area contributed by atoms with Crippen LogP contribution in [0.2, 0.25) is 5.02 Å². The lowest BCUT2D eigenvalue weighted by Crippen LogP contribution is -2.49. The number of fused-ring (bicyclic) bond motifs is 1. The Bertz CT molecular complexity index is 1240. The van der Waals surface area contributed by atoms with Gasteiger partial charge in [-0.25, -0.2) is 0 Å². The fourth-order valence-electron chi connectivity index (χ4n) is 4.81. The first-order valence-electron chi connectivity index (χ1n) is 11.0. The number of hydrogen-bond donors (Lipinski definition) is 1. The van der Waals surface area contributed by atoms with Crippen molar-refractivity contribution in [3.05, 3.63) is 101 Å². The average Bonchev–Trinajstić information content (AvgIpc) is 3.16. The van der Waals surface area contributed by atoms with Gasteiger partial charge in [-0.2, -0.15) is 0 Å². The molecule has 1 aliphatic rings. The van der Waals surface area contributed by atoms with Crippen molar-refractivity contribution in [1.29, 1.82) is 0 Å². The minimum absolute atomic E-state index is 0.155. The van der Waals surface area contributed by atoms with Crippen LogP contribution in [0.3, 0.4) is 0 Å². The number of ketones is 1. The number of Topliss-reactive ketones (excluding diaryl/α,β-unsaturated/α-hetero) is 1. The number of aryl methyl sites for hydroxylation is 1. The number of benzene rings is 3. The number of carbonyl (C=O) groups excluding carboxylic acids is 1. The molecule has 0 bridgehead atoms. The first-order valence-corrected chi connectivity index (χ1v) is 11.4. The van der Waals surface area contributed by atoms with Gasteiger partial charge in [0.05, 0.1) is 6.04 Å². The SMILES string of the molecule is Cc1[nH]c2ccccc2c1C(=O)C(c1ccccc1)N1CCN(c2cccc(Cl)c2)CC1. The molecule has 4 aromatic rings. The molecule has 1 aromatic heterocycles. The Kier molecular flexibility index (Phi) is 5.73. The highest BCUT2D eigenvalue weighted by Crippen LogP contribution is 2.32. The van der Waals surface area contributed by atoms with Gasteiger partial charge in [0.25, 0.3) is 0 Å². The second kappa shape index (κ2) is 8.81. The number of hydrogen-bond acceptors (Lipinski definition) is 3. The van der Waals surface area contributed by atoms with Crippen molar-refractivity contribution >= 4 is 34.0 Å². The van der Waals surface area contributed by atoms with E-state index in [1.165, 1.54) is 0 Å². The molecule has 0 amide bonds. The van der Waals surface area contributed by atoms with E-state index < -0.39 is 0 Å². The largest absolute Gasteiger partial charge is 0.369 e. The van der Waals surface area contributed by atoms with Crippen LogP contribution in [0.5, 0.6) is 0 Å². The van der Waals surface area contributed by atoms with Crippen LogP contribution in [0.1, 0.15) is 27.7 Å². The highest BCUT2D eigenvalue weighted by atomic mass is 35.5. The van der Waals surface area contributed by atoms with Crippen molar-refractivity contribution in [3.63, 3.8) is 0 Å². The third-order valence-electron chi connectivity index (χ3n) is 6.36. The van der Waals surface area contributed by atoms with Crippen molar-refractivity contribution in [2.24, 2.45) is 0 Å². The minimum Gasteiger partial charge on any atom is -0.369 e. The molecule has 0 aliphatic carbocycles. The number of rotatable bonds is 5.